The van der Waals surface area contributed by atoms with Crippen molar-refractivity contribution in [3.63, 3.8) is 0 Å². The van der Waals surface area contributed by atoms with E-state index in [1.54, 1.807) is 23.1 Å². The van der Waals surface area contributed by atoms with E-state index in [-0.39, 0.29) is 11.9 Å². The van der Waals surface area contributed by atoms with Gasteiger partial charge in [0.05, 0.1) is 29.5 Å². The van der Waals surface area contributed by atoms with Gasteiger partial charge in [0.2, 0.25) is 5.95 Å². The first kappa shape index (κ1) is 23.7. The third-order valence-corrected chi connectivity index (χ3v) is 7.33. The highest BCUT2D eigenvalue weighted by Crippen LogP contribution is 2.28. The molecule has 10 heteroatoms. The molecule has 0 saturated carbocycles. The number of hydrogen-bond acceptors (Lipinski definition) is 9. The lowest BCUT2D eigenvalue weighted by molar-refractivity contribution is -0.00278. The summed E-state index contributed by atoms with van der Waals surface area (Å²) in [6.45, 7) is 7.63. The van der Waals surface area contributed by atoms with Crippen molar-refractivity contribution in [3.05, 3.63) is 36.2 Å². The second-order valence-electron chi connectivity index (χ2n) is 8.15. The number of carbonyl (C=O) groups excluding carboxylic acids is 1. The molecular weight excluding hydrogens is 456 g/mol. The number of benzene rings is 1. The number of morpholine rings is 1. The minimum absolute atomic E-state index is 0.0717. The van der Waals surface area contributed by atoms with Gasteiger partial charge in [0, 0.05) is 42.5 Å². The Morgan fingerprint density at radius 2 is 2.09 bits per heavy atom. The zero-order valence-corrected chi connectivity index (χ0v) is 20.8. The second-order valence-corrected chi connectivity index (χ2v) is 10.1. The lowest BCUT2D eigenvalue weighted by Gasteiger charge is -2.35. The van der Waals surface area contributed by atoms with Crippen LogP contribution in [0.5, 0.6) is 0 Å². The summed E-state index contributed by atoms with van der Waals surface area (Å²) in [6.07, 6.45) is 6.55. The zero-order chi connectivity index (χ0) is 23.2. The molecule has 1 aliphatic heterocycles. The van der Waals surface area contributed by atoms with Crippen LogP contribution in [0.3, 0.4) is 0 Å². The summed E-state index contributed by atoms with van der Waals surface area (Å²) in [5.41, 5.74) is 1.62. The maximum absolute atomic E-state index is 13.1. The quantitative estimate of drug-likeness (QED) is 0.435. The van der Waals surface area contributed by atoms with Crippen LogP contribution in [0.4, 0.5) is 11.1 Å². The van der Waals surface area contributed by atoms with E-state index in [0.717, 1.165) is 39.8 Å². The number of amides is 1. The largest absolute Gasteiger partial charge is 0.377 e. The van der Waals surface area contributed by atoms with Gasteiger partial charge in [-0.15, -0.1) is 11.8 Å². The maximum atomic E-state index is 13.1. The van der Waals surface area contributed by atoms with E-state index < -0.39 is 0 Å². The number of thiazole rings is 1. The molecule has 2 aromatic heterocycles. The molecule has 0 bridgehead atoms. The average molecular weight is 487 g/mol. The molecule has 1 aromatic carbocycles. The van der Waals surface area contributed by atoms with Gasteiger partial charge in [0.25, 0.3) is 5.91 Å². The molecule has 1 unspecified atom stereocenters. The molecule has 0 spiro atoms. The summed E-state index contributed by atoms with van der Waals surface area (Å²) in [4.78, 5) is 29.4. The van der Waals surface area contributed by atoms with Crippen LogP contribution in [-0.2, 0) is 4.74 Å². The molecule has 3 aromatic rings. The number of rotatable bonds is 9. The summed E-state index contributed by atoms with van der Waals surface area (Å²) in [5, 5.41) is 7.57. The van der Waals surface area contributed by atoms with Crippen molar-refractivity contribution < 1.29 is 9.53 Å². The number of nitrogens with zero attached hydrogens (tertiary/aromatic N) is 4. The standard InChI is InChI=1S/C23H30N6O2S2/c1-4-17-14-31-8-7-29(17)21(30)16-5-6-19-20(9-16)33-23(28-19)27-11-15(2)10-24-22-25-12-18(32-3)13-26-22/h5-6,9,12-13,15,17H,4,7-8,10-11,14H2,1-3H3,(H,27,28)(H,24,25,26)/t15-,17?/m0/s1. The minimum atomic E-state index is 0.0717. The van der Waals surface area contributed by atoms with Crippen LogP contribution < -0.4 is 10.6 Å². The number of ether oxygens (including phenoxy) is 1. The molecule has 2 N–H and O–H groups in total. The number of aromatic nitrogens is 3. The van der Waals surface area contributed by atoms with Crippen LogP contribution in [-0.4, -0.2) is 70.9 Å². The summed E-state index contributed by atoms with van der Waals surface area (Å²) in [5.74, 6) is 1.06. The van der Waals surface area contributed by atoms with Crippen molar-refractivity contribution in [1.29, 1.82) is 0 Å². The molecular formula is C23H30N6O2S2. The van der Waals surface area contributed by atoms with E-state index in [9.17, 15) is 4.79 Å². The third-order valence-electron chi connectivity index (χ3n) is 5.67. The van der Waals surface area contributed by atoms with Crippen molar-refractivity contribution in [2.45, 2.75) is 31.2 Å². The van der Waals surface area contributed by atoms with Crippen molar-refractivity contribution >= 4 is 50.3 Å². The Morgan fingerprint density at radius 3 is 2.85 bits per heavy atom. The molecule has 3 heterocycles. The van der Waals surface area contributed by atoms with E-state index in [1.165, 1.54) is 0 Å². The number of anilines is 2. The predicted molar refractivity (Wildman–Crippen MR) is 136 cm³/mol. The monoisotopic (exact) mass is 486 g/mol. The number of nitrogens with one attached hydrogen (secondary N) is 2. The third kappa shape index (κ3) is 5.93. The smallest absolute Gasteiger partial charge is 0.254 e. The highest BCUT2D eigenvalue weighted by molar-refractivity contribution is 7.98. The van der Waals surface area contributed by atoms with Crippen LogP contribution in [0.2, 0.25) is 0 Å². The predicted octanol–water partition coefficient (Wildman–Crippen LogP) is 4.22. The zero-order valence-electron chi connectivity index (χ0n) is 19.2. The summed E-state index contributed by atoms with van der Waals surface area (Å²) in [6, 6.07) is 5.92. The van der Waals surface area contributed by atoms with E-state index in [4.69, 9.17) is 4.74 Å². The topological polar surface area (TPSA) is 92.3 Å². The summed E-state index contributed by atoms with van der Waals surface area (Å²) in [7, 11) is 0. The molecule has 2 atom stereocenters. The van der Waals surface area contributed by atoms with Crippen molar-refractivity contribution in [2.24, 2.45) is 5.92 Å². The molecule has 1 amide bonds. The summed E-state index contributed by atoms with van der Waals surface area (Å²) < 4.78 is 6.55. The maximum Gasteiger partial charge on any atom is 0.254 e. The molecule has 4 rings (SSSR count). The fraction of sp³-hybridized carbons (Fsp3) is 0.478. The molecule has 176 valence electrons. The van der Waals surface area contributed by atoms with Gasteiger partial charge < -0.3 is 20.3 Å². The Hall–Kier alpha value is -2.43. The van der Waals surface area contributed by atoms with Crippen LogP contribution in [0, 0.1) is 5.92 Å². The Kier molecular flexibility index (Phi) is 8.00. The molecule has 1 aliphatic rings. The van der Waals surface area contributed by atoms with Gasteiger partial charge in [-0.25, -0.2) is 15.0 Å². The lowest BCUT2D eigenvalue weighted by atomic mass is 10.1. The number of hydrogen-bond donors (Lipinski definition) is 2. The van der Waals surface area contributed by atoms with Crippen molar-refractivity contribution in [2.75, 3.05) is 49.7 Å². The normalized spacial score (nSPS) is 17.2. The van der Waals surface area contributed by atoms with Crippen LogP contribution in [0.25, 0.3) is 10.2 Å². The van der Waals surface area contributed by atoms with Gasteiger partial charge in [-0.3, -0.25) is 4.79 Å². The lowest BCUT2D eigenvalue weighted by Crippen LogP contribution is -2.48. The number of carbonyl (C=O) groups is 1. The molecule has 8 nitrogen and oxygen atoms in total. The fourth-order valence-electron chi connectivity index (χ4n) is 3.67. The van der Waals surface area contributed by atoms with Crippen LogP contribution in [0.1, 0.15) is 30.6 Å². The van der Waals surface area contributed by atoms with Crippen molar-refractivity contribution in [1.82, 2.24) is 19.9 Å². The minimum Gasteiger partial charge on any atom is -0.377 e. The van der Waals surface area contributed by atoms with Gasteiger partial charge in [-0.05, 0) is 36.8 Å². The van der Waals surface area contributed by atoms with Gasteiger partial charge in [-0.2, -0.15) is 0 Å². The first-order valence-electron chi connectivity index (χ1n) is 11.2. The average Bonchev–Trinajstić information content (AvgIpc) is 3.28. The SMILES string of the molecule is CCC1COCCN1C(=O)c1ccc2nc(NC[C@@H](C)CNc3ncc(SC)cn3)sc2c1. The van der Waals surface area contributed by atoms with E-state index >= 15 is 0 Å². The van der Waals surface area contributed by atoms with Gasteiger partial charge in [0.15, 0.2) is 5.13 Å². The Labute approximate surface area is 202 Å². The van der Waals surface area contributed by atoms with E-state index in [0.29, 0.717) is 37.2 Å². The van der Waals surface area contributed by atoms with E-state index in [1.807, 2.05) is 41.7 Å². The first-order valence-corrected chi connectivity index (χ1v) is 13.2. The highest BCUT2D eigenvalue weighted by Gasteiger charge is 2.27. The molecule has 33 heavy (non-hydrogen) atoms. The van der Waals surface area contributed by atoms with E-state index in [2.05, 4.69) is 39.4 Å². The first-order chi connectivity index (χ1) is 16.1. The molecule has 0 radical (unpaired) electrons. The van der Waals surface area contributed by atoms with Gasteiger partial charge in [0.1, 0.15) is 0 Å². The molecule has 1 fully saturated rings. The molecule has 0 aliphatic carbocycles. The Bertz CT molecular complexity index is 1070. The van der Waals surface area contributed by atoms with Crippen LogP contribution in [0.15, 0.2) is 35.5 Å². The summed E-state index contributed by atoms with van der Waals surface area (Å²) >= 11 is 3.20. The van der Waals surface area contributed by atoms with Crippen molar-refractivity contribution in [3.8, 4) is 0 Å². The van der Waals surface area contributed by atoms with Gasteiger partial charge in [-0.1, -0.05) is 25.2 Å². The van der Waals surface area contributed by atoms with Crippen LogP contribution >= 0.6 is 23.1 Å². The number of thioether (sulfide) groups is 1. The Morgan fingerprint density at radius 1 is 1.30 bits per heavy atom. The fourth-order valence-corrected chi connectivity index (χ4v) is 4.90. The second kappa shape index (κ2) is 11.1. The highest BCUT2D eigenvalue weighted by atomic mass is 32.2. The number of fused-ring (bicyclic) bond motifs is 1. The van der Waals surface area contributed by atoms with Gasteiger partial charge >= 0.3 is 0 Å². The molecule has 1 saturated heterocycles. The Balaban J connectivity index is 1.33.